The van der Waals surface area contributed by atoms with Gasteiger partial charge in [0.05, 0.1) is 23.0 Å². The number of carbonyl (C=O) groups excluding carboxylic acids is 1. The SMILES string of the molecule is O=C(N/N=C/c1c(O)n(-c2cccc(C(F)(F)F)c2)c(=O)[nH]c1=O)c1ccccc1O. The van der Waals surface area contributed by atoms with Crippen LogP contribution in [0.1, 0.15) is 21.5 Å². The van der Waals surface area contributed by atoms with Crippen LogP contribution in [0.25, 0.3) is 5.69 Å². The van der Waals surface area contributed by atoms with Gasteiger partial charge in [0.2, 0.25) is 5.88 Å². The Bertz CT molecular complexity index is 1290. The van der Waals surface area contributed by atoms with Crippen LogP contribution < -0.4 is 16.7 Å². The molecule has 4 N–H and O–H groups in total. The molecule has 1 aromatic heterocycles. The van der Waals surface area contributed by atoms with E-state index in [9.17, 15) is 37.8 Å². The van der Waals surface area contributed by atoms with Crippen molar-refractivity contribution < 1.29 is 28.2 Å². The maximum atomic E-state index is 13.0. The predicted molar refractivity (Wildman–Crippen MR) is 102 cm³/mol. The fourth-order valence-corrected chi connectivity index (χ4v) is 2.60. The average molecular weight is 434 g/mol. The van der Waals surface area contributed by atoms with Crippen LogP contribution in [0.4, 0.5) is 13.2 Å². The first-order chi connectivity index (χ1) is 14.6. The van der Waals surface area contributed by atoms with Crippen LogP contribution in [0.15, 0.2) is 63.2 Å². The molecule has 9 nitrogen and oxygen atoms in total. The number of phenols is 1. The number of aromatic hydroxyl groups is 2. The monoisotopic (exact) mass is 434 g/mol. The number of hydrogen-bond donors (Lipinski definition) is 4. The zero-order valence-corrected chi connectivity index (χ0v) is 15.3. The number of nitrogens with one attached hydrogen (secondary N) is 2. The topological polar surface area (TPSA) is 137 Å². The number of aromatic nitrogens is 2. The fourth-order valence-electron chi connectivity index (χ4n) is 2.60. The number of carbonyl (C=O) groups is 1. The van der Waals surface area contributed by atoms with E-state index in [1.807, 2.05) is 10.4 Å². The lowest BCUT2D eigenvalue weighted by atomic mass is 10.2. The molecule has 2 aromatic carbocycles. The standard InChI is InChI=1S/C19H13F3N4O5/c20-19(21,22)10-4-3-5-11(8-10)26-17(30)13(15(28)24-18(26)31)9-23-25-16(29)12-6-1-2-7-14(12)27/h1-9,27,30H,(H,25,29)(H,24,28,31)/b23-9+. The molecule has 0 aliphatic carbocycles. The Hall–Kier alpha value is -4.35. The first-order valence-electron chi connectivity index (χ1n) is 8.47. The zero-order valence-electron chi connectivity index (χ0n) is 15.3. The Morgan fingerprint density at radius 1 is 1.10 bits per heavy atom. The van der Waals surface area contributed by atoms with Crippen molar-refractivity contribution in [3.8, 4) is 17.3 Å². The number of hydrazone groups is 1. The Balaban J connectivity index is 1.98. The van der Waals surface area contributed by atoms with E-state index in [0.29, 0.717) is 16.8 Å². The minimum absolute atomic E-state index is 0.119. The van der Waals surface area contributed by atoms with E-state index >= 15 is 0 Å². The molecule has 160 valence electrons. The van der Waals surface area contributed by atoms with Crippen LogP contribution in [-0.2, 0) is 6.18 Å². The number of H-pyrrole nitrogens is 1. The van der Waals surface area contributed by atoms with Crippen LogP contribution in [-0.4, -0.2) is 31.9 Å². The van der Waals surface area contributed by atoms with Gasteiger partial charge in [-0.05, 0) is 30.3 Å². The molecule has 0 radical (unpaired) electrons. The highest BCUT2D eigenvalue weighted by Crippen LogP contribution is 2.30. The van der Waals surface area contributed by atoms with E-state index < -0.39 is 40.3 Å². The lowest BCUT2D eigenvalue weighted by molar-refractivity contribution is -0.137. The number of rotatable bonds is 4. The number of amides is 1. The number of hydrogen-bond acceptors (Lipinski definition) is 6. The van der Waals surface area contributed by atoms with Gasteiger partial charge < -0.3 is 10.2 Å². The van der Waals surface area contributed by atoms with Crippen molar-refractivity contribution in [3.63, 3.8) is 0 Å². The summed E-state index contributed by atoms with van der Waals surface area (Å²) >= 11 is 0. The minimum Gasteiger partial charge on any atom is -0.507 e. The molecule has 0 saturated heterocycles. The lowest BCUT2D eigenvalue weighted by Gasteiger charge is -2.12. The molecule has 0 saturated carbocycles. The summed E-state index contributed by atoms with van der Waals surface area (Å²) in [4.78, 5) is 38.0. The minimum atomic E-state index is -4.70. The van der Waals surface area contributed by atoms with Crippen LogP contribution in [0.3, 0.4) is 0 Å². The number of para-hydroxylation sites is 1. The average Bonchev–Trinajstić information content (AvgIpc) is 2.70. The summed E-state index contributed by atoms with van der Waals surface area (Å²) in [6.07, 6.45) is -4.00. The highest BCUT2D eigenvalue weighted by Gasteiger charge is 2.31. The highest BCUT2D eigenvalue weighted by atomic mass is 19.4. The third-order valence-corrected chi connectivity index (χ3v) is 4.06. The molecule has 31 heavy (non-hydrogen) atoms. The first kappa shape index (κ1) is 21.4. The maximum Gasteiger partial charge on any atom is 0.416 e. The van der Waals surface area contributed by atoms with Gasteiger partial charge in [0, 0.05) is 0 Å². The summed E-state index contributed by atoms with van der Waals surface area (Å²) in [5, 5.41) is 23.5. The first-order valence-corrected chi connectivity index (χ1v) is 8.47. The van der Waals surface area contributed by atoms with E-state index in [4.69, 9.17) is 0 Å². The summed E-state index contributed by atoms with van der Waals surface area (Å²) in [5.74, 6) is -2.15. The molecule has 0 aliphatic rings. The van der Waals surface area contributed by atoms with Gasteiger partial charge in [-0.2, -0.15) is 18.3 Å². The number of halogens is 3. The fraction of sp³-hybridized carbons (Fsp3) is 0.0526. The van der Waals surface area contributed by atoms with Crippen molar-refractivity contribution in [1.29, 1.82) is 0 Å². The molecule has 1 amide bonds. The molecule has 0 atom stereocenters. The van der Waals surface area contributed by atoms with Gasteiger partial charge >= 0.3 is 11.9 Å². The molecule has 0 fully saturated rings. The van der Waals surface area contributed by atoms with Crippen molar-refractivity contribution in [1.82, 2.24) is 15.0 Å². The van der Waals surface area contributed by atoms with E-state index in [2.05, 4.69) is 5.10 Å². The number of alkyl halides is 3. The van der Waals surface area contributed by atoms with Gasteiger partial charge in [0.1, 0.15) is 11.3 Å². The Morgan fingerprint density at radius 2 is 1.81 bits per heavy atom. The number of nitrogens with zero attached hydrogens (tertiary/aromatic N) is 2. The van der Waals surface area contributed by atoms with E-state index in [1.165, 1.54) is 24.3 Å². The molecule has 1 heterocycles. The summed E-state index contributed by atoms with van der Waals surface area (Å²) in [7, 11) is 0. The van der Waals surface area contributed by atoms with Gasteiger partial charge in [0.15, 0.2) is 0 Å². The second-order valence-corrected chi connectivity index (χ2v) is 6.10. The lowest BCUT2D eigenvalue weighted by Crippen LogP contribution is -2.31. The molecule has 0 spiro atoms. The van der Waals surface area contributed by atoms with Crippen LogP contribution >= 0.6 is 0 Å². The van der Waals surface area contributed by atoms with Crippen molar-refractivity contribution in [2.24, 2.45) is 5.10 Å². The number of benzene rings is 2. The molecule has 0 aliphatic heterocycles. The number of aromatic amines is 1. The third-order valence-electron chi connectivity index (χ3n) is 4.06. The van der Waals surface area contributed by atoms with E-state index in [1.54, 1.807) is 0 Å². The van der Waals surface area contributed by atoms with Crippen LogP contribution in [0.5, 0.6) is 11.6 Å². The second kappa shape index (κ2) is 8.18. The quantitative estimate of drug-likeness (QED) is 0.366. The Morgan fingerprint density at radius 3 is 2.48 bits per heavy atom. The molecular weight excluding hydrogens is 421 g/mol. The van der Waals surface area contributed by atoms with Gasteiger partial charge in [-0.3, -0.25) is 14.6 Å². The zero-order chi connectivity index (χ0) is 22.8. The molecule has 3 rings (SSSR count). The molecule has 12 heteroatoms. The normalized spacial score (nSPS) is 11.6. The summed E-state index contributed by atoms with van der Waals surface area (Å²) < 4.78 is 39.3. The maximum absolute atomic E-state index is 13.0. The second-order valence-electron chi connectivity index (χ2n) is 6.10. The molecule has 0 unspecified atom stereocenters. The predicted octanol–water partition coefficient (Wildman–Crippen LogP) is 1.72. The van der Waals surface area contributed by atoms with E-state index in [-0.39, 0.29) is 17.0 Å². The van der Waals surface area contributed by atoms with Crippen LogP contribution in [0.2, 0.25) is 0 Å². The van der Waals surface area contributed by atoms with Crippen molar-refractivity contribution in [2.75, 3.05) is 0 Å². The summed E-state index contributed by atoms with van der Waals surface area (Å²) in [6.45, 7) is 0. The number of phenolic OH excluding ortho intramolecular Hbond substituents is 1. The third kappa shape index (κ3) is 4.47. The smallest absolute Gasteiger partial charge is 0.416 e. The Kier molecular flexibility index (Phi) is 5.64. The molecular formula is C19H13F3N4O5. The van der Waals surface area contributed by atoms with Crippen molar-refractivity contribution >= 4 is 12.1 Å². The van der Waals surface area contributed by atoms with Crippen molar-refractivity contribution in [3.05, 3.63) is 86.1 Å². The van der Waals surface area contributed by atoms with Crippen LogP contribution in [0, 0.1) is 0 Å². The summed E-state index contributed by atoms with van der Waals surface area (Å²) in [5.41, 5.74) is -2.42. The van der Waals surface area contributed by atoms with Crippen molar-refractivity contribution in [2.45, 2.75) is 6.18 Å². The van der Waals surface area contributed by atoms with Gasteiger partial charge in [-0.25, -0.2) is 14.8 Å². The van der Waals surface area contributed by atoms with Gasteiger partial charge in [0.25, 0.3) is 11.5 Å². The largest absolute Gasteiger partial charge is 0.507 e. The molecule has 0 bridgehead atoms. The van der Waals surface area contributed by atoms with Gasteiger partial charge in [-0.15, -0.1) is 0 Å². The van der Waals surface area contributed by atoms with E-state index in [0.717, 1.165) is 18.2 Å². The van der Waals surface area contributed by atoms with Gasteiger partial charge in [-0.1, -0.05) is 18.2 Å². The summed E-state index contributed by atoms with van der Waals surface area (Å²) in [6, 6.07) is 9.07. The molecule has 3 aromatic rings. The highest BCUT2D eigenvalue weighted by molar-refractivity contribution is 5.97. The Labute approximate surface area is 170 Å².